The summed E-state index contributed by atoms with van der Waals surface area (Å²) >= 11 is 0. The van der Waals surface area contributed by atoms with Gasteiger partial charge < -0.3 is 33.6 Å². The van der Waals surface area contributed by atoms with E-state index in [1.165, 1.54) is 28.1 Å². The van der Waals surface area contributed by atoms with Gasteiger partial charge in [-0.2, -0.15) is 0 Å². The maximum absolute atomic E-state index is 14.5. The first-order chi connectivity index (χ1) is 32.4. The predicted octanol–water partition coefficient (Wildman–Crippen LogP) is 7.53. The van der Waals surface area contributed by atoms with Crippen molar-refractivity contribution in [3.63, 3.8) is 0 Å². The van der Waals surface area contributed by atoms with Crippen LogP contribution in [0.4, 0.5) is 4.79 Å². The summed E-state index contributed by atoms with van der Waals surface area (Å²) in [5.74, 6) is -4.82. The lowest BCUT2D eigenvalue weighted by Crippen LogP contribution is -2.53. The second-order valence-electron chi connectivity index (χ2n) is 19.2. The van der Waals surface area contributed by atoms with Crippen molar-refractivity contribution >= 4 is 48.2 Å². The molecular weight excluding hydrogens is 885 g/mol. The highest BCUT2D eigenvalue weighted by Crippen LogP contribution is 2.23. The van der Waals surface area contributed by atoms with Crippen molar-refractivity contribution in [1.82, 2.24) is 19.6 Å². The van der Waals surface area contributed by atoms with E-state index in [-0.39, 0.29) is 62.4 Å². The molecule has 0 heterocycles. The van der Waals surface area contributed by atoms with Gasteiger partial charge in [-0.3, -0.25) is 24.1 Å². The summed E-state index contributed by atoms with van der Waals surface area (Å²) in [7, 11) is 5.70. The Morgan fingerprint density at radius 1 is 0.478 bits per heavy atom. The molecule has 2 aromatic rings. The van der Waals surface area contributed by atoms with Crippen molar-refractivity contribution < 1.29 is 57.3 Å². The van der Waals surface area contributed by atoms with Gasteiger partial charge in [0.05, 0.1) is 0 Å². The summed E-state index contributed by atoms with van der Waals surface area (Å²) in [5.41, 5.74) is 1.40. The van der Waals surface area contributed by atoms with Crippen LogP contribution in [-0.4, -0.2) is 138 Å². The van der Waals surface area contributed by atoms with Crippen molar-refractivity contribution in [3.05, 3.63) is 71.8 Å². The number of rotatable bonds is 26. The highest BCUT2D eigenvalue weighted by molar-refractivity contribution is 5.94. The largest absolute Gasteiger partial charge is 0.455 e. The number of carbonyl (C=O) groups excluding carboxylic acids is 8. The van der Waals surface area contributed by atoms with Crippen molar-refractivity contribution in [2.45, 2.75) is 164 Å². The van der Waals surface area contributed by atoms with E-state index in [4.69, 9.17) is 18.9 Å². The third-order valence-electron chi connectivity index (χ3n) is 11.5. The van der Waals surface area contributed by atoms with Gasteiger partial charge in [-0.1, -0.05) is 130 Å². The highest BCUT2D eigenvalue weighted by atomic mass is 16.6. The number of benzene rings is 2. The van der Waals surface area contributed by atoms with Gasteiger partial charge in [0.1, 0.15) is 18.1 Å². The van der Waals surface area contributed by atoms with E-state index in [9.17, 15) is 38.4 Å². The molecule has 2 rings (SSSR count). The first kappa shape index (κ1) is 61.2. The van der Waals surface area contributed by atoms with Gasteiger partial charge in [-0.05, 0) is 74.3 Å². The number of ether oxygens (including phenoxy) is 4. The summed E-state index contributed by atoms with van der Waals surface area (Å²) in [5, 5.41) is 0. The maximum Gasteiger partial charge on any atom is 0.418 e. The quantitative estimate of drug-likeness (QED) is 0.0391. The minimum absolute atomic E-state index is 0.0371. The van der Waals surface area contributed by atoms with Crippen LogP contribution in [0, 0.1) is 23.7 Å². The molecule has 0 N–H and O–H groups in total. The Kier molecular flexibility index (Phi) is 27.2. The Hall–Kier alpha value is -5.80. The molecule has 0 aromatic heterocycles. The highest BCUT2D eigenvalue weighted by Gasteiger charge is 2.41. The van der Waals surface area contributed by atoms with Crippen LogP contribution in [0.25, 0.3) is 0 Å². The smallest absolute Gasteiger partial charge is 0.418 e. The van der Waals surface area contributed by atoms with E-state index >= 15 is 0 Å². The van der Waals surface area contributed by atoms with Crippen LogP contribution in [0.5, 0.6) is 0 Å². The van der Waals surface area contributed by atoms with Gasteiger partial charge in [0, 0.05) is 47.1 Å². The van der Waals surface area contributed by atoms with Crippen molar-refractivity contribution in [3.8, 4) is 0 Å². The van der Waals surface area contributed by atoms with Crippen LogP contribution in [0.15, 0.2) is 60.7 Å². The Labute approximate surface area is 411 Å². The number of likely N-dealkylation sites (N-methyl/N-ethyl adjacent to an activating group) is 4. The maximum atomic E-state index is 14.5. The number of amides is 4. The zero-order valence-electron chi connectivity index (χ0n) is 44.1. The van der Waals surface area contributed by atoms with E-state index in [0.29, 0.717) is 11.5 Å². The van der Waals surface area contributed by atoms with Crippen LogP contribution in [0.1, 0.15) is 120 Å². The summed E-state index contributed by atoms with van der Waals surface area (Å²) in [6.45, 7) is 22.6. The molecule has 4 amide bonds. The third kappa shape index (κ3) is 20.4. The van der Waals surface area contributed by atoms with Crippen LogP contribution < -0.4 is 0 Å². The Balaban J connectivity index is 0.0000117. The predicted molar refractivity (Wildman–Crippen MR) is 264 cm³/mol. The Morgan fingerprint density at radius 2 is 0.826 bits per heavy atom. The molecule has 7 atom stereocenters. The fourth-order valence-corrected chi connectivity index (χ4v) is 7.63. The van der Waals surface area contributed by atoms with Gasteiger partial charge in [-0.25, -0.2) is 19.2 Å². The van der Waals surface area contributed by atoms with Crippen LogP contribution in [0.3, 0.4) is 0 Å². The lowest BCUT2D eigenvalue weighted by molar-refractivity contribution is -0.170. The molecule has 0 aliphatic carbocycles. The van der Waals surface area contributed by atoms with Gasteiger partial charge in [0.15, 0.2) is 18.3 Å². The zero-order valence-corrected chi connectivity index (χ0v) is 44.1. The van der Waals surface area contributed by atoms with Gasteiger partial charge in [0.2, 0.25) is 0 Å². The zero-order chi connectivity index (χ0) is 52.7. The summed E-state index contributed by atoms with van der Waals surface area (Å²) in [4.78, 5) is 114. The number of nitrogens with zero attached hydrogens (tertiary/aromatic N) is 4. The lowest BCUT2D eigenvalue weighted by Gasteiger charge is -2.34. The third-order valence-corrected chi connectivity index (χ3v) is 11.5. The molecule has 0 bridgehead atoms. The average Bonchev–Trinajstić information content (AvgIpc) is 3.30. The minimum atomic E-state index is -1.49. The number of esters is 3. The monoisotopic (exact) mass is 967 g/mol. The fourth-order valence-electron chi connectivity index (χ4n) is 7.63. The SMILES string of the molecule is CC.CC(C)CC(C)N(C)C(=O)C(Cc1ccccc1)OC(=O)C(CC(C)C)N(C)C(=O)OC(=O)C(CC(C)C)N(C)C(=O)C(Cc1ccccc1)OC(=O)C(CC(C)C)N(C)C(=O)C(C)OC=O. The number of hydrogen-bond donors (Lipinski definition) is 0. The number of hydrogen-bond acceptors (Lipinski definition) is 12. The first-order valence-corrected chi connectivity index (χ1v) is 24.3. The number of carbonyl (C=O) groups is 8. The molecule has 16 nitrogen and oxygen atoms in total. The normalized spacial score (nSPS) is 14.1. The summed E-state index contributed by atoms with van der Waals surface area (Å²) in [6.07, 6.45) is -4.08. The molecule has 7 unspecified atom stereocenters. The van der Waals surface area contributed by atoms with Gasteiger partial charge >= 0.3 is 24.0 Å². The van der Waals surface area contributed by atoms with E-state index < -0.39 is 78.2 Å². The topological polar surface area (TPSA) is 186 Å². The molecule has 0 radical (unpaired) electrons. The molecule has 0 saturated carbocycles. The van der Waals surface area contributed by atoms with Crippen molar-refractivity contribution in [2.24, 2.45) is 23.7 Å². The van der Waals surface area contributed by atoms with Gasteiger partial charge in [-0.15, -0.1) is 0 Å². The fraction of sp³-hybridized carbons (Fsp3) is 0.623. The molecule has 0 aliphatic rings. The molecule has 0 fully saturated rings. The second-order valence-corrected chi connectivity index (χ2v) is 19.2. The van der Waals surface area contributed by atoms with Crippen molar-refractivity contribution in [1.29, 1.82) is 0 Å². The molecule has 2 aromatic carbocycles. The van der Waals surface area contributed by atoms with E-state index in [1.807, 2.05) is 92.6 Å². The molecule has 0 saturated heterocycles. The molecule has 0 aliphatic heterocycles. The lowest BCUT2D eigenvalue weighted by atomic mass is 10.0. The average molecular weight is 967 g/mol. The standard InChI is InChI=1S/C51H76N4O12.C2H6/c1-32(2)25-36(9)52(11)46(58)43(29-38-21-17-15-18-22-38)65-49(61)42(28-35(7)8)55(14)51(63)67-50(62)41(27-34(5)6)54(13)47(59)44(30-39-23-19-16-20-24-39)66-48(60)40(26-33(3)4)53(12)45(57)37(10)64-31-56;1-2/h15-24,31-37,40-44H,25-30H2,1-14H3;1-2H3. The minimum Gasteiger partial charge on any atom is -0.455 e. The van der Waals surface area contributed by atoms with Crippen LogP contribution >= 0.6 is 0 Å². The molecule has 0 spiro atoms. The molecule has 16 heteroatoms. The first-order valence-electron chi connectivity index (χ1n) is 24.3. The summed E-state index contributed by atoms with van der Waals surface area (Å²) < 4.78 is 22.2. The van der Waals surface area contributed by atoms with Crippen molar-refractivity contribution in [2.75, 3.05) is 28.2 Å². The second kappa shape index (κ2) is 30.6. The van der Waals surface area contributed by atoms with Gasteiger partial charge in [0.25, 0.3) is 24.2 Å². The molecule has 69 heavy (non-hydrogen) atoms. The molecular formula is C53H82N4O12. The van der Waals surface area contributed by atoms with E-state index in [0.717, 1.165) is 26.7 Å². The summed E-state index contributed by atoms with van der Waals surface area (Å²) in [6, 6.07) is 14.0. The van der Waals surface area contributed by atoms with E-state index in [2.05, 4.69) is 13.8 Å². The Morgan fingerprint density at radius 3 is 1.20 bits per heavy atom. The molecule has 386 valence electrons. The van der Waals surface area contributed by atoms with E-state index in [1.54, 1.807) is 42.3 Å². The Bertz CT molecular complexity index is 1930. The van der Waals surface area contributed by atoms with Crippen LogP contribution in [0.2, 0.25) is 0 Å². The van der Waals surface area contributed by atoms with Crippen LogP contribution in [-0.2, 0) is 65.4 Å².